The molecule has 1 aliphatic heterocycles. The molecule has 0 spiro atoms. The number of nitrogens with zero attached hydrogens (tertiary/aromatic N) is 1. The Morgan fingerprint density at radius 1 is 1.19 bits per heavy atom. The molecule has 2 atom stereocenters. The molecule has 1 amide bonds. The molecule has 0 aliphatic carbocycles. The summed E-state index contributed by atoms with van der Waals surface area (Å²) >= 11 is 0. The van der Waals surface area contributed by atoms with Crippen molar-refractivity contribution in [2.45, 2.75) is 31.2 Å². The number of hydrogen-bond donors (Lipinski definition) is 4. The van der Waals surface area contributed by atoms with Crippen molar-refractivity contribution in [3.05, 3.63) is 54.1 Å². The number of hydrogen-bond acceptors (Lipinski definition) is 7. The zero-order chi connectivity index (χ0) is 23.3. The summed E-state index contributed by atoms with van der Waals surface area (Å²) in [5.41, 5.74) is 2.74. The van der Waals surface area contributed by atoms with Gasteiger partial charge in [-0.1, -0.05) is 25.1 Å². The van der Waals surface area contributed by atoms with Crippen molar-refractivity contribution in [2.75, 3.05) is 25.0 Å². The third-order valence-corrected chi connectivity index (χ3v) is 7.25. The molecular formula is C22H28N4O5S. The fourth-order valence-electron chi connectivity index (χ4n) is 3.70. The molecule has 1 aliphatic rings. The minimum absolute atomic E-state index is 0.0236. The summed E-state index contributed by atoms with van der Waals surface area (Å²) in [5.74, 6) is -0.0307. The summed E-state index contributed by atoms with van der Waals surface area (Å²) in [5, 5.41) is 20.3. The van der Waals surface area contributed by atoms with Crippen LogP contribution in [0, 0.1) is 11.3 Å². The first-order valence-corrected chi connectivity index (χ1v) is 11.8. The van der Waals surface area contributed by atoms with Gasteiger partial charge in [0.05, 0.1) is 23.6 Å². The first kappa shape index (κ1) is 23.7. The van der Waals surface area contributed by atoms with E-state index in [0.717, 1.165) is 0 Å². The first-order valence-electron chi connectivity index (χ1n) is 10.4. The van der Waals surface area contributed by atoms with Gasteiger partial charge < -0.3 is 15.5 Å². The Bertz CT molecular complexity index is 1070. The number of nitrogens with one attached hydrogen (secondary N) is 3. The summed E-state index contributed by atoms with van der Waals surface area (Å²) in [6, 6.07) is 13.3. The molecule has 172 valence electrons. The molecule has 0 aromatic heterocycles. The average Bonchev–Trinajstić information content (AvgIpc) is 3.15. The molecule has 0 saturated carbocycles. The number of anilines is 1. The minimum Gasteiger partial charge on any atom is -0.494 e. The number of carbonyl (C=O) groups is 1. The van der Waals surface area contributed by atoms with Crippen LogP contribution in [-0.4, -0.2) is 55.3 Å². The molecule has 0 bridgehead atoms. The van der Waals surface area contributed by atoms with Crippen molar-refractivity contribution in [3.8, 4) is 5.75 Å². The lowest BCUT2D eigenvalue weighted by molar-refractivity contribution is -0.127. The zero-order valence-corrected chi connectivity index (χ0v) is 18.9. The zero-order valence-electron chi connectivity index (χ0n) is 18.0. The van der Waals surface area contributed by atoms with Gasteiger partial charge in [0.25, 0.3) is 0 Å². The van der Waals surface area contributed by atoms with Crippen molar-refractivity contribution >= 4 is 27.3 Å². The van der Waals surface area contributed by atoms with Gasteiger partial charge >= 0.3 is 0 Å². The van der Waals surface area contributed by atoms with Crippen molar-refractivity contribution in [3.63, 3.8) is 0 Å². The van der Waals surface area contributed by atoms with E-state index in [9.17, 15) is 13.2 Å². The Kier molecular flexibility index (Phi) is 7.49. The largest absolute Gasteiger partial charge is 0.494 e. The van der Waals surface area contributed by atoms with Crippen LogP contribution in [-0.2, 0) is 14.8 Å². The summed E-state index contributed by atoms with van der Waals surface area (Å²) in [6.07, 6.45) is -0.270. The normalized spacial score (nSPS) is 18.8. The van der Waals surface area contributed by atoms with Crippen LogP contribution in [0.1, 0.15) is 25.8 Å². The molecule has 9 nitrogen and oxygen atoms in total. The summed E-state index contributed by atoms with van der Waals surface area (Å²) in [7, 11) is -3.66. The summed E-state index contributed by atoms with van der Waals surface area (Å²) in [6.45, 7) is 4.98. The maximum Gasteiger partial charge on any atom is 0.249 e. The average molecular weight is 461 g/mol. The number of para-hydroxylation sites is 1. The van der Waals surface area contributed by atoms with Crippen LogP contribution in [0.5, 0.6) is 5.75 Å². The van der Waals surface area contributed by atoms with Gasteiger partial charge in [-0.05, 0) is 43.2 Å². The van der Waals surface area contributed by atoms with E-state index in [4.69, 9.17) is 15.4 Å². The monoisotopic (exact) mass is 460 g/mol. The predicted molar refractivity (Wildman–Crippen MR) is 121 cm³/mol. The third-order valence-electron chi connectivity index (χ3n) is 5.41. The van der Waals surface area contributed by atoms with Crippen LogP contribution in [0.2, 0.25) is 0 Å². The third kappa shape index (κ3) is 5.26. The van der Waals surface area contributed by atoms with Gasteiger partial charge in [-0.2, -0.15) is 4.31 Å². The smallest absolute Gasteiger partial charge is 0.249 e. The lowest BCUT2D eigenvalue weighted by atomic mass is 10.0. The fourth-order valence-corrected chi connectivity index (χ4v) is 5.26. The highest BCUT2D eigenvalue weighted by molar-refractivity contribution is 7.89. The van der Waals surface area contributed by atoms with E-state index in [1.54, 1.807) is 48.5 Å². The van der Waals surface area contributed by atoms with Gasteiger partial charge in [-0.3, -0.25) is 10.0 Å². The summed E-state index contributed by atoms with van der Waals surface area (Å²) in [4.78, 5) is 11.7. The second-order valence-corrected chi connectivity index (χ2v) is 9.63. The molecule has 4 N–H and O–H groups in total. The maximum absolute atomic E-state index is 13.1. The molecule has 10 heteroatoms. The number of sulfonamides is 1. The fraction of sp³-hybridized carbons (Fsp3) is 0.364. The van der Waals surface area contributed by atoms with Crippen LogP contribution in [0.4, 0.5) is 5.69 Å². The van der Waals surface area contributed by atoms with Crippen molar-refractivity contribution in [1.82, 2.24) is 9.79 Å². The topological polar surface area (TPSA) is 132 Å². The molecule has 0 unspecified atom stereocenters. The Morgan fingerprint density at radius 3 is 2.53 bits per heavy atom. The minimum atomic E-state index is -3.66. The Balaban J connectivity index is 1.75. The molecule has 0 radical (unpaired) electrons. The van der Waals surface area contributed by atoms with Crippen molar-refractivity contribution in [2.24, 2.45) is 5.92 Å². The second-order valence-electron chi connectivity index (χ2n) is 7.69. The molecule has 1 heterocycles. The van der Waals surface area contributed by atoms with Gasteiger partial charge in [-0.15, -0.1) is 0 Å². The quantitative estimate of drug-likeness (QED) is 0.258. The highest BCUT2D eigenvalue weighted by Crippen LogP contribution is 2.29. The number of rotatable bonds is 9. The van der Waals surface area contributed by atoms with Crippen LogP contribution in [0.25, 0.3) is 0 Å². The lowest BCUT2D eigenvalue weighted by Crippen LogP contribution is -2.32. The van der Waals surface area contributed by atoms with E-state index in [-0.39, 0.29) is 35.5 Å². The maximum atomic E-state index is 13.1. The Labute approximate surface area is 187 Å². The highest BCUT2D eigenvalue weighted by atomic mass is 32.2. The van der Waals surface area contributed by atoms with E-state index >= 15 is 0 Å². The Hall–Kier alpha value is -2.95. The molecule has 32 heavy (non-hydrogen) atoms. The molecule has 1 saturated heterocycles. The first-order chi connectivity index (χ1) is 15.3. The highest BCUT2D eigenvalue weighted by Gasteiger charge is 2.37. The van der Waals surface area contributed by atoms with Crippen molar-refractivity contribution < 1.29 is 23.2 Å². The van der Waals surface area contributed by atoms with E-state index < -0.39 is 15.9 Å². The summed E-state index contributed by atoms with van der Waals surface area (Å²) < 4.78 is 33.1. The van der Waals surface area contributed by atoms with Crippen LogP contribution in [0.15, 0.2) is 53.4 Å². The number of hydroxylamine groups is 1. The lowest BCUT2D eigenvalue weighted by Gasteiger charge is -2.21. The number of benzene rings is 2. The number of carbonyl (C=O) groups excluding carboxylic acids is 1. The van der Waals surface area contributed by atoms with Crippen LogP contribution < -0.4 is 15.5 Å². The van der Waals surface area contributed by atoms with E-state index in [2.05, 4.69) is 5.32 Å². The van der Waals surface area contributed by atoms with Gasteiger partial charge in [-0.25, -0.2) is 13.9 Å². The Morgan fingerprint density at radius 2 is 1.88 bits per heavy atom. The molecule has 1 fully saturated rings. The number of amides is 1. The van der Waals surface area contributed by atoms with Gasteiger partial charge in [0.1, 0.15) is 5.75 Å². The van der Waals surface area contributed by atoms with Gasteiger partial charge in [0.15, 0.2) is 0 Å². The molecule has 2 aromatic carbocycles. The molecule has 2 aromatic rings. The van der Waals surface area contributed by atoms with Gasteiger partial charge in [0.2, 0.25) is 15.9 Å². The van der Waals surface area contributed by atoms with Crippen molar-refractivity contribution in [1.29, 1.82) is 5.41 Å². The SMILES string of the molecule is CCOc1ccc(S(=O)(=O)N2C[C@@H](C)[C@@H](Nc3ccccc3C(=N)CC(=O)NO)C2)cc1. The van der Waals surface area contributed by atoms with Crippen LogP contribution in [0.3, 0.4) is 0 Å². The standard InChI is InChI=1S/C22H28N4O5S/c1-3-31-16-8-10-17(11-9-16)32(29,30)26-13-15(2)21(14-26)24-20-7-5-4-6-18(20)19(23)12-22(27)25-28/h4-11,15,21,23-24,28H,3,12-14H2,1-2H3,(H,25,27)/t15-,21+/m1/s1. The second kappa shape index (κ2) is 10.1. The van der Waals surface area contributed by atoms with Crippen LogP contribution >= 0.6 is 0 Å². The van der Waals surface area contributed by atoms with E-state index in [1.807, 2.05) is 13.8 Å². The van der Waals surface area contributed by atoms with E-state index in [1.165, 1.54) is 9.79 Å². The molecule has 3 rings (SSSR count). The van der Waals surface area contributed by atoms with Gasteiger partial charge in [0, 0.05) is 30.4 Å². The molecular weight excluding hydrogens is 432 g/mol. The number of ether oxygens (including phenoxy) is 1. The van der Waals surface area contributed by atoms with E-state index in [0.29, 0.717) is 30.2 Å². The predicted octanol–water partition coefficient (Wildman–Crippen LogP) is 2.47.